The number of fused-ring (bicyclic) bond motifs is 1. The van der Waals surface area contributed by atoms with Crippen molar-refractivity contribution in [3.05, 3.63) is 64.6 Å². The smallest absolute Gasteiger partial charge is 0.291 e. The Kier molecular flexibility index (Phi) is 5.62. The van der Waals surface area contributed by atoms with Gasteiger partial charge in [0, 0.05) is 5.56 Å². The molecule has 0 saturated carbocycles. The molecule has 2 aromatic rings. The number of imide groups is 1. The molecule has 0 atom stereocenters. The summed E-state index contributed by atoms with van der Waals surface area (Å²) in [5.41, 5.74) is 1.08. The maximum atomic E-state index is 12.8. The number of benzene rings is 2. The number of thioether (sulfide) groups is 1. The van der Waals surface area contributed by atoms with Crippen LogP contribution in [-0.4, -0.2) is 48.9 Å². The summed E-state index contributed by atoms with van der Waals surface area (Å²) in [7, 11) is 1.52. The number of rotatable bonds is 6. The lowest BCUT2D eigenvalue weighted by molar-refractivity contribution is -0.115. The highest BCUT2D eigenvalue weighted by molar-refractivity contribution is 8.18. The van der Waals surface area contributed by atoms with Crippen LogP contribution in [0.3, 0.4) is 0 Å². The molecule has 3 amide bonds. The summed E-state index contributed by atoms with van der Waals surface area (Å²) >= 11 is 0.794. The highest BCUT2D eigenvalue weighted by Gasteiger charge is 2.31. The maximum absolute atomic E-state index is 12.8. The van der Waals surface area contributed by atoms with Gasteiger partial charge in [-0.3, -0.25) is 19.7 Å². The van der Waals surface area contributed by atoms with Gasteiger partial charge in [-0.2, -0.15) is 0 Å². The number of nitrogens with one attached hydrogen (secondary N) is 1. The summed E-state index contributed by atoms with van der Waals surface area (Å²) in [4.78, 5) is 38.2. The molecule has 8 nitrogen and oxygen atoms in total. The largest absolute Gasteiger partial charge is 0.493 e. The van der Waals surface area contributed by atoms with Crippen LogP contribution < -0.4 is 14.8 Å². The summed E-state index contributed by atoms with van der Waals surface area (Å²) in [5, 5.41) is 1.79. The molecule has 0 unspecified atom stereocenters. The van der Waals surface area contributed by atoms with E-state index in [0.717, 1.165) is 11.8 Å². The molecule has 0 aliphatic carbocycles. The van der Waals surface area contributed by atoms with Crippen LogP contribution in [0, 0.1) is 0 Å². The van der Waals surface area contributed by atoms with Crippen molar-refractivity contribution < 1.29 is 28.6 Å². The predicted octanol–water partition coefficient (Wildman–Crippen LogP) is 2.86. The summed E-state index contributed by atoms with van der Waals surface area (Å²) < 4.78 is 16.8. The SMILES string of the molecule is COc1cccc2c1OCN(CCOC(=C1SC(=O)NC1=O)c1ccccc1)C2=O. The van der Waals surface area contributed by atoms with Crippen LogP contribution in [0.2, 0.25) is 0 Å². The van der Waals surface area contributed by atoms with Crippen molar-refractivity contribution in [1.82, 2.24) is 10.2 Å². The van der Waals surface area contributed by atoms with E-state index in [0.29, 0.717) is 28.4 Å². The van der Waals surface area contributed by atoms with Crippen LogP contribution in [0.5, 0.6) is 11.5 Å². The Morgan fingerprint density at radius 3 is 2.63 bits per heavy atom. The first-order valence-corrected chi connectivity index (χ1v) is 9.95. The Morgan fingerprint density at radius 2 is 1.93 bits per heavy atom. The Hall–Kier alpha value is -3.46. The summed E-state index contributed by atoms with van der Waals surface area (Å²) in [6.45, 7) is 0.407. The molecule has 2 aliphatic heterocycles. The zero-order valence-electron chi connectivity index (χ0n) is 16.0. The molecule has 2 aromatic carbocycles. The molecule has 2 heterocycles. The fraction of sp³-hybridized carbons (Fsp3) is 0.190. The van der Waals surface area contributed by atoms with Gasteiger partial charge in [-0.05, 0) is 23.9 Å². The van der Waals surface area contributed by atoms with Gasteiger partial charge in [0.2, 0.25) is 0 Å². The Bertz CT molecular complexity index is 1040. The van der Waals surface area contributed by atoms with Crippen molar-refractivity contribution in [2.45, 2.75) is 0 Å². The molecular weight excluding hydrogens is 408 g/mol. The normalized spacial score (nSPS) is 17.2. The van der Waals surface area contributed by atoms with E-state index < -0.39 is 11.1 Å². The molecule has 1 fully saturated rings. The molecule has 0 bridgehead atoms. The van der Waals surface area contributed by atoms with E-state index in [1.807, 2.05) is 18.2 Å². The monoisotopic (exact) mass is 426 g/mol. The Balaban J connectivity index is 1.49. The second kappa shape index (κ2) is 8.50. The van der Waals surface area contributed by atoms with E-state index in [2.05, 4.69) is 5.32 Å². The van der Waals surface area contributed by atoms with Gasteiger partial charge in [0.25, 0.3) is 17.1 Å². The van der Waals surface area contributed by atoms with Gasteiger partial charge < -0.3 is 19.1 Å². The van der Waals surface area contributed by atoms with Crippen LogP contribution >= 0.6 is 11.8 Å². The number of nitrogens with zero attached hydrogens (tertiary/aromatic N) is 1. The standard InChI is InChI=1S/C21H18N2O6S/c1-27-15-9-5-8-14-17(15)29-12-23(20(14)25)10-11-28-16(13-6-3-2-4-7-13)18-19(24)22-21(26)30-18/h2-9H,10-12H2,1H3,(H,22,24,26). The van der Waals surface area contributed by atoms with Crippen molar-refractivity contribution in [1.29, 1.82) is 0 Å². The van der Waals surface area contributed by atoms with Gasteiger partial charge in [-0.15, -0.1) is 0 Å². The molecule has 1 N–H and O–H groups in total. The van der Waals surface area contributed by atoms with Crippen molar-refractivity contribution in [2.75, 3.05) is 27.0 Å². The Labute approximate surface area is 176 Å². The summed E-state index contributed by atoms with van der Waals surface area (Å²) in [5.74, 6) is 0.531. The van der Waals surface area contributed by atoms with Gasteiger partial charge in [0.15, 0.2) is 18.2 Å². The van der Waals surface area contributed by atoms with Crippen LogP contribution in [0.15, 0.2) is 53.4 Å². The first-order chi connectivity index (χ1) is 14.6. The fourth-order valence-corrected chi connectivity index (χ4v) is 3.86. The third-order valence-electron chi connectivity index (χ3n) is 4.55. The van der Waals surface area contributed by atoms with Gasteiger partial charge in [0.1, 0.15) is 17.3 Å². The van der Waals surface area contributed by atoms with Crippen molar-refractivity contribution in [2.24, 2.45) is 0 Å². The molecule has 0 aromatic heterocycles. The lowest BCUT2D eigenvalue weighted by Crippen LogP contribution is -2.40. The maximum Gasteiger partial charge on any atom is 0.291 e. The van der Waals surface area contributed by atoms with Crippen molar-refractivity contribution >= 4 is 34.6 Å². The van der Waals surface area contributed by atoms with Gasteiger partial charge in [-0.25, -0.2) is 0 Å². The lowest BCUT2D eigenvalue weighted by atomic mass is 10.1. The topological polar surface area (TPSA) is 94.2 Å². The quantitative estimate of drug-likeness (QED) is 0.561. The molecule has 154 valence electrons. The number of hydrogen-bond acceptors (Lipinski definition) is 7. The molecular formula is C21H18N2O6S. The van der Waals surface area contributed by atoms with E-state index in [4.69, 9.17) is 14.2 Å². The third-order valence-corrected chi connectivity index (χ3v) is 5.41. The number of carbonyl (C=O) groups excluding carboxylic acids is 3. The number of carbonyl (C=O) groups is 3. The van der Waals surface area contributed by atoms with E-state index >= 15 is 0 Å². The average Bonchev–Trinajstić information content (AvgIpc) is 3.10. The van der Waals surface area contributed by atoms with E-state index in [-0.39, 0.29) is 30.7 Å². The number of amides is 3. The minimum atomic E-state index is -0.498. The predicted molar refractivity (Wildman–Crippen MR) is 110 cm³/mol. The summed E-state index contributed by atoms with van der Waals surface area (Å²) in [6.07, 6.45) is 0. The first-order valence-electron chi connectivity index (χ1n) is 9.13. The molecule has 1 saturated heterocycles. The number of methoxy groups -OCH3 is 1. The fourth-order valence-electron chi connectivity index (χ4n) is 3.12. The lowest BCUT2D eigenvalue weighted by Gasteiger charge is -2.29. The molecule has 0 spiro atoms. The van der Waals surface area contributed by atoms with Crippen LogP contribution in [-0.2, 0) is 9.53 Å². The van der Waals surface area contributed by atoms with Crippen molar-refractivity contribution in [3.63, 3.8) is 0 Å². The number of hydrogen-bond donors (Lipinski definition) is 1. The highest BCUT2D eigenvalue weighted by atomic mass is 32.2. The molecule has 30 heavy (non-hydrogen) atoms. The van der Waals surface area contributed by atoms with E-state index in [1.165, 1.54) is 12.0 Å². The van der Waals surface area contributed by atoms with Gasteiger partial charge >= 0.3 is 0 Å². The second-order valence-electron chi connectivity index (χ2n) is 6.40. The van der Waals surface area contributed by atoms with Gasteiger partial charge in [-0.1, -0.05) is 36.4 Å². The number of para-hydroxylation sites is 1. The number of ether oxygens (including phenoxy) is 3. The molecule has 0 radical (unpaired) electrons. The highest BCUT2D eigenvalue weighted by Crippen LogP contribution is 2.35. The van der Waals surface area contributed by atoms with Crippen LogP contribution in [0.1, 0.15) is 15.9 Å². The van der Waals surface area contributed by atoms with E-state index in [1.54, 1.807) is 30.3 Å². The zero-order chi connectivity index (χ0) is 21.1. The zero-order valence-corrected chi connectivity index (χ0v) is 16.9. The van der Waals surface area contributed by atoms with E-state index in [9.17, 15) is 14.4 Å². The molecule has 4 rings (SSSR count). The van der Waals surface area contributed by atoms with Gasteiger partial charge in [0.05, 0.1) is 19.2 Å². The minimum absolute atomic E-state index is 0.0561. The van der Waals surface area contributed by atoms with Crippen LogP contribution in [0.25, 0.3) is 5.76 Å². The first kappa shape index (κ1) is 19.8. The third kappa shape index (κ3) is 3.84. The average molecular weight is 426 g/mol. The second-order valence-corrected chi connectivity index (χ2v) is 7.38. The minimum Gasteiger partial charge on any atom is -0.493 e. The summed E-state index contributed by atoms with van der Waals surface area (Å²) in [6, 6.07) is 14.2. The molecule has 9 heteroatoms. The Morgan fingerprint density at radius 1 is 1.13 bits per heavy atom. The van der Waals surface area contributed by atoms with Crippen LogP contribution in [0.4, 0.5) is 4.79 Å². The molecule has 2 aliphatic rings. The van der Waals surface area contributed by atoms with Crippen molar-refractivity contribution in [3.8, 4) is 11.5 Å².